The molecule has 1 amide bonds. The van der Waals surface area contributed by atoms with Crippen LogP contribution >= 0.6 is 11.8 Å². The van der Waals surface area contributed by atoms with Gasteiger partial charge in [0.15, 0.2) is 0 Å². The topological polar surface area (TPSA) is 66.4 Å². The number of hydrogen-bond acceptors (Lipinski definition) is 3. The Bertz CT molecular complexity index is 247. The predicted molar refractivity (Wildman–Crippen MR) is 64.5 cm³/mol. The highest BCUT2D eigenvalue weighted by atomic mass is 32.2. The summed E-state index contributed by atoms with van der Waals surface area (Å²) in [5, 5.41) is 11.7. The summed E-state index contributed by atoms with van der Waals surface area (Å²) in [5.74, 6) is 0.253. The van der Waals surface area contributed by atoms with Crippen LogP contribution in [0.5, 0.6) is 0 Å². The molecule has 3 unspecified atom stereocenters. The van der Waals surface area contributed by atoms with Gasteiger partial charge in [-0.25, -0.2) is 4.79 Å². The first-order valence-electron chi connectivity index (χ1n) is 5.67. The van der Waals surface area contributed by atoms with Crippen molar-refractivity contribution >= 4 is 24.1 Å². The van der Waals surface area contributed by atoms with Crippen LogP contribution in [0, 0.1) is 5.92 Å². The average molecular weight is 245 g/mol. The molecule has 1 saturated carbocycles. The SMILES string of the molecule is CC1CCCC(SCC(NC=O)C(=O)O)C1. The van der Waals surface area contributed by atoms with Gasteiger partial charge < -0.3 is 10.4 Å². The molecule has 92 valence electrons. The molecule has 4 nitrogen and oxygen atoms in total. The van der Waals surface area contributed by atoms with Gasteiger partial charge in [0.1, 0.15) is 6.04 Å². The fourth-order valence-corrected chi connectivity index (χ4v) is 3.54. The van der Waals surface area contributed by atoms with Gasteiger partial charge in [-0.05, 0) is 18.8 Å². The molecule has 1 fully saturated rings. The quantitative estimate of drug-likeness (QED) is 0.696. The highest BCUT2D eigenvalue weighted by Gasteiger charge is 2.22. The van der Waals surface area contributed by atoms with Crippen LogP contribution in [-0.2, 0) is 9.59 Å². The molecular formula is C11H19NO3S. The summed E-state index contributed by atoms with van der Waals surface area (Å²) in [6.45, 7) is 2.24. The molecular weight excluding hydrogens is 226 g/mol. The molecule has 1 aliphatic carbocycles. The number of carbonyl (C=O) groups excluding carboxylic acids is 1. The number of amides is 1. The maximum Gasteiger partial charge on any atom is 0.327 e. The molecule has 0 aromatic heterocycles. The van der Waals surface area contributed by atoms with E-state index in [9.17, 15) is 9.59 Å². The molecule has 0 bridgehead atoms. The molecule has 5 heteroatoms. The summed E-state index contributed by atoms with van der Waals surface area (Å²) in [6.07, 6.45) is 5.31. The molecule has 16 heavy (non-hydrogen) atoms. The van der Waals surface area contributed by atoms with E-state index in [2.05, 4.69) is 12.2 Å². The average Bonchev–Trinajstić information content (AvgIpc) is 2.24. The van der Waals surface area contributed by atoms with E-state index < -0.39 is 12.0 Å². The van der Waals surface area contributed by atoms with Crippen LogP contribution in [-0.4, -0.2) is 34.5 Å². The number of hydrogen-bond donors (Lipinski definition) is 2. The van der Waals surface area contributed by atoms with Gasteiger partial charge in [0.25, 0.3) is 0 Å². The smallest absolute Gasteiger partial charge is 0.327 e. The summed E-state index contributed by atoms with van der Waals surface area (Å²) in [6, 6.07) is -0.750. The molecule has 1 rings (SSSR count). The molecule has 0 heterocycles. The Labute approximate surface area is 100 Å². The van der Waals surface area contributed by atoms with E-state index in [1.807, 2.05) is 0 Å². The third kappa shape index (κ3) is 4.43. The lowest BCUT2D eigenvalue weighted by molar-refractivity contribution is -0.139. The van der Waals surface area contributed by atoms with Crippen molar-refractivity contribution in [3.63, 3.8) is 0 Å². The highest BCUT2D eigenvalue weighted by Crippen LogP contribution is 2.32. The number of aliphatic carboxylic acids is 1. The first kappa shape index (κ1) is 13.4. The fraction of sp³-hybridized carbons (Fsp3) is 0.818. The second-order valence-corrected chi connectivity index (χ2v) is 5.74. The Kier molecular flexibility index (Phi) is 5.66. The number of rotatable bonds is 6. The molecule has 1 aliphatic rings. The second-order valence-electron chi connectivity index (χ2n) is 4.40. The minimum Gasteiger partial charge on any atom is -0.480 e. The number of carboxylic acid groups (broad SMARTS) is 1. The van der Waals surface area contributed by atoms with Crippen LogP contribution in [0.1, 0.15) is 32.6 Å². The third-order valence-corrected chi connectivity index (χ3v) is 4.38. The second kappa shape index (κ2) is 6.78. The van der Waals surface area contributed by atoms with Crippen LogP contribution in [0.3, 0.4) is 0 Å². The largest absolute Gasteiger partial charge is 0.480 e. The van der Waals surface area contributed by atoms with Gasteiger partial charge in [0.2, 0.25) is 6.41 Å². The van der Waals surface area contributed by atoms with Crippen molar-refractivity contribution in [3.05, 3.63) is 0 Å². The molecule has 0 radical (unpaired) electrons. The Morgan fingerprint density at radius 3 is 2.94 bits per heavy atom. The van der Waals surface area contributed by atoms with Crippen LogP contribution in [0.4, 0.5) is 0 Å². The minimum atomic E-state index is -0.955. The van der Waals surface area contributed by atoms with Crippen molar-refractivity contribution in [2.75, 3.05) is 5.75 Å². The van der Waals surface area contributed by atoms with E-state index in [0.29, 0.717) is 17.4 Å². The molecule has 0 aromatic rings. The van der Waals surface area contributed by atoms with Crippen molar-refractivity contribution < 1.29 is 14.7 Å². The van der Waals surface area contributed by atoms with Gasteiger partial charge >= 0.3 is 5.97 Å². The number of nitrogens with one attached hydrogen (secondary N) is 1. The van der Waals surface area contributed by atoms with E-state index in [-0.39, 0.29) is 0 Å². The number of thioether (sulfide) groups is 1. The Morgan fingerprint density at radius 1 is 1.62 bits per heavy atom. The zero-order valence-electron chi connectivity index (χ0n) is 9.52. The summed E-state index contributed by atoms with van der Waals surface area (Å²) < 4.78 is 0. The first-order valence-corrected chi connectivity index (χ1v) is 6.72. The summed E-state index contributed by atoms with van der Waals surface area (Å²) in [4.78, 5) is 21.0. The molecule has 0 aromatic carbocycles. The molecule has 0 spiro atoms. The zero-order chi connectivity index (χ0) is 12.0. The Morgan fingerprint density at radius 2 is 2.38 bits per heavy atom. The van der Waals surface area contributed by atoms with Crippen molar-refractivity contribution in [2.24, 2.45) is 5.92 Å². The van der Waals surface area contributed by atoms with E-state index in [0.717, 1.165) is 12.3 Å². The van der Waals surface area contributed by atoms with Gasteiger partial charge in [-0.15, -0.1) is 0 Å². The minimum absolute atomic E-state index is 0.461. The van der Waals surface area contributed by atoms with Crippen molar-refractivity contribution in [2.45, 2.75) is 43.9 Å². The third-order valence-electron chi connectivity index (χ3n) is 2.95. The lowest BCUT2D eigenvalue weighted by Gasteiger charge is -2.26. The number of carboxylic acids is 1. The van der Waals surface area contributed by atoms with Gasteiger partial charge in [0, 0.05) is 11.0 Å². The summed E-state index contributed by atoms with van der Waals surface area (Å²) >= 11 is 1.68. The summed E-state index contributed by atoms with van der Waals surface area (Å²) in [5.41, 5.74) is 0. The predicted octanol–water partition coefficient (Wildman–Crippen LogP) is 1.50. The van der Waals surface area contributed by atoms with Gasteiger partial charge in [-0.1, -0.05) is 19.8 Å². The standard InChI is InChI=1S/C11H19NO3S/c1-8-3-2-4-9(5-8)16-6-10(11(14)15)12-7-13/h7-10H,2-6H2,1H3,(H,12,13)(H,14,15). The maximum atomic E-state index is 10.8. The monoisotopic (exact) mass is 245 g/mol. The van der Waals surface area contributed by atoms with Gasteiger partial charge in [-0.3, -0.25) is 4.79 Å². The fourth-order valence-electron chi connectivity index (χ4n) is 2.03. The highest BCUT2D eigenvalue weighted by molar-refractivity contribution is 7.99. The Balaban J connectivity index is 2.30. The molecule has 3 atom stereocenters. The van der Waals surface area contributed by atoms with Crippen molar-refractivity contribution in [1.29, 1.82) is 0 Å². The normalized spacial score (nSPS) is 27.1. The lowest BCUT2D eigenvalue weighted by Crippen LogP contribution is -2.38. The van der Waals surface area contributed by atoms with Crippen LogP contribution in [0.2, 0.25) is 0 Å². The van der Waals surface area contributed by atoms with E-state index in [1.54, 1.807) is 11.8 Å². The first-order chi connectivity index (χ1) is 7.63. The maximum absolute atomic E-state index is 10.8. The molecule has 0 saturated heterocycles. The summed E-state index contributed by atoms with van der Waals surface area (Å²) in [7, 11) is 0. The van der Waals surface area contributed by atoms with E-state index in [1.165, 1.54) is 19.3 Å². The number of carbonyl (C=O) groups is 2. The van der Waals surface area contributed by atoms with Crippen LogP contribution in [0.15, 0.2) is 0 Å². The van der Waals surface area contributed by atoms with E-state index in [4.69, 9.17) is 5.11 Å². The van der Waals surface area contributed by atoms with Gasteiger partial charge in [-0.2, -0.15) is 11.8 Å². The van der Waals surface area contributed by atoms with Gasteiger partial charge in [0.05, 0.1) is 0 Å². The van der Waals surface area contributed by atoms with Crippen molar-refractivity contribution in [3.8, 4) is 0 Å². The molecule has 2 N–H and O–H groups in total. The van der Waals surface area contributed by atoms with E-state index >= 15 is 0 Å². The Hall–Kier alpha value is -0.710. The zero-order valence-corrected chi connectivity index (χ0v) is 10.3. The molecule has 0 aliphatic heterocycles. The lowest BCUT2D eigenvalue weighted by atomic mass is 9.91. The van der Waals surface area contributed by atoms with Crippen molar-refractivity contribution in [1.82, 2.24) is 5.32 Å². The van der Waals surface area contributed by atoms with Crippen LogP contribution < -0.4 is 5.32 Å². The van der Waals surface area contributed by atoms with Crippen LogP contribution in [0.25, 0.3) is 0 Å².